The summed E-state index contributed by atoms with van der Waals surface area (Å²) in [6, 6.07) is 2.51. The van der Waals surface area contributed by atoms with E-state index in [1.165, 1.54) is 19.4 Å². The van der Waals surface area contributed by atoms with Gasteiger partial charge in [0.1, 0.15) is 0 Å². The van der Waals surface area contributed by atoms with Crippen LogP contribution in [0.15, 0.2) is 23.1 Å². The number of aryl methyl sites for hydroxylation is 1. The van der Waals surface area contributed by atoms with Gasteiger partial charge in [-0.15, -0.1) is 0 Å². The average Bonchev–Trinajstić information content (AvgIpc) is 2.26. The van der Waals surface area contributed by atoms with Crippen LogP contribution >= 0.6 is 0 Å². The first-order valence-corrected chi connectivity index (χ1v) is 4.47. The highest BCUT2D eigenvalue weighted by Gasteiger charge is 2.13. The summed E-state index contributed by atoms with van der Waals surface area (Å²) in [5.74, 6) is -0.474. The van der Waals surface area contributed by atoms with Gasteiger partial charge in [-0.25, -0.2) is 0 Å². The number of carbonyl (C=O) groups excluding carboxylic acids is 1. The van der Waals surface area contributed by atoms with Crippen LogP contribution in [0.2, 0.25) is 0 Å². The molecule has 0 bridgehead atoms. The van der Waals surface area contributed by atoms with E-state index in [2.05, 4.69) is 4.74 Å². The monoisotopic (exact) mass is 226 g/mol. The molecule has 0 amide bonds. The Labute approximate surface area is 90.4 Å². The fraction of sp³-hybridized carbons (Fsp3) is 0.333. The lowest BCUT2D eigenvalue weighted by molar-refractivity contribution is -0.386. The molecule has 86 valence electrons. The van der Waals surface area contributed by atoms with Crippen LogP contribution in [0.3, 0.4) is 0 Å². The summed E-state index contributed by atoms with van der Waals surface area (Å²) in [6.45, 7) is 0.0627. The van der Waals surface area contributed by atoms with Crippen LogP contribution in [-0.2, 0) is 16.1 Å². The first kappa shape index (κ1) is 11.9. The van der Waals surface area contributed by atoms with Crippen molar-refractivity contribution in [2.75, 3.05) is 7.11 Å². The van der Waals surface area contributed by atoms with E-state index >= 15 is 0 Å². The predicted octanol–water partition coefficient (Wildman–Crippen LogP) is 0.320. The second-order valence-corrected chi connectivity index (χ2v) is 2.98. The molecule has 0 fully saturated rings. The Kier molecular flexibility index (Phi) is 3.76. The largest absolute Gasteiger partial charge is 0.469 e. The number of methoxy groups -OCH3 is 1. The lowest BCUT2D eigenvalue weighted by Gasteiger charge is -2.03. The summed E-state index contributed by atoms with van der Waals surface area (Å²) in [5, 5.41) is 10.5. The van der Waals surface area contributed by atoms with Crippen LogP contribution in [0, 0.1) is 10.1 Å². The van der Waals surface area contributed by atoms with Crippen LogP contribution in [0.4, 0.5) is 5.69 Å². The van der Waals surface area contributed by atoms with Crippen molar-refractivity contribution in [3.05, 3.63) is 38.8 Å². The smallest absolute Gasteiger partial charge is 0.334 e. The second-order valence-electron chi connectivity index (χ2n) is 2.98. The lowest BCUT2D eigenvalue weighted by atomic mass is 10.3. The highest BCUT2D eigenvalue weighted by atomic mass is 16.6. The van der Waals surface area contributed by atoms with Gasteiger partial charge in [0, 0.05) is 18.8 Å². The number of esters is 1. The van der Waals surface area contributed by atoms with Crippen LogP contribution < -0.4 is 5.56 Å². The molecule has 16 heavy (non-hydrogen) atoms. The minimum atomic E-state index is -0.753. The van der Waals surface area contributed by atoms with Crippen molar-refractivity contribution in [2.45, 2.75) is 13.0 Å². The molecule has 0 unspecified atom stereocenters. The zero-order valence-corrected chi connectivity index (χ0v) is 8.58. The Hall–Kier alpha value is -2.18. The fourth-order valence-electron chi connectivity index (χ4n) is 1.15. The molecule has 0 aromatic carbocycles. The van der Waals surface area contributed by atoms with Gasteiger partial charge in [-0.1, -0.05) is 0 Å². The van der Waals surface area contributed by atoms with Crippen molar-refractivity contribution in [1.82, 2.24) is 4.57 Å². The van der Waals surface area contributed by atoms with Crippen LogP contribution in [0.1, 0.15) is 6.42 Å². The summed E-state index contributed by atoms with van der Waals surface area (Å²) >= 11 is 0. The maximum atomic E-state index is 11.5. The SMILES string of the molecule is COC(=O)CCn1cccc([N+](=O)[O-])c1=O. The van der Waals surface area contributed by atoms with E-state index in [0.29, 0.717) is 0 Å². The Balaban J connectivity index is 2.90. The molecule has 1 rings (SSSR count). The summed E-state index contributed by atoms with van der Waals surface area (Å²) < 4.78 is 5.51. The van der Waals surface area contributed by atoms with Crippen LogP contribution in [0.25, 0.3) is 0 Å². The number of ether oxygens (including phenoxy) is 1. The first-order chi connectivity index (χ1) is 7.56. The maximum Gasteiger partial charge on any atom is 0.334 e. The number of aromatic nitrogens is 1. The molecule has 0 saturated heterocycles. The van der Waals surface area contributed by atoms with Crippen molar-refractivity contribution in [3.8, 4) is 0 Å². The Morgan fingerprint density at radius 3 is 2.88 bits per heavy atom. The quantitative estimate of drug-likeness (QED) is 0.419. The molecule has 0 aliphatic carbocycles. The van der Waals surface area contributed by atoms with E-state index in [4.69, 9.17) is 0 Å². The standard InChI is InChI=1S/C9H10N2O5/c1-16-8(12)4-6-10-5-2-3-7(9(10)13)11(14)15/h2-3,5H,4,6H2,1H3. The van der Waals surface area contributed by atoms with Crippen molar-refractivity contribution in [3.63, 3.8) is 0 Å². The molecule has 1 heterocycles. The molecule has 0 aliphatic rings. The van der Waals surface area contributed by atoms with Gasteiger partial charge in [-0.3, -0.25) is 19.7 Å². The number of carbonyl (C=O) groups is 1. The number of rotatable bonds is 4. The van der Waals surface area contributed by atoms with Crippen LogP contribution in [-0.4, -0.2) is 22.6 Å². The molecule has 0 radical (unpaired) electrons. The molecule has 1 aromatic rings. The predicted molar refractivity (Wildman–Crippen MR) is 54.0 cm³/mol. The van der Waals surface area contributed by atoms with Crippen molar-refractivity contribution >= 4 is 11.7 Å². The topological polar surface area (TPSA) is 91.4 Å². The molecular formula is C9H10N2O5. The summed E-state index contributed by atoms with van der Waals surface area (Å²) in [5.41, 5.74) is -1.23. The number of pyridine rings is 1. The second kappa shape index (κ2) is 5.06. The third-order valence-electron chi connectivity index (χ3n) is 1.98. The van der Waals surface area contributed by atoms with Gasteiger partial charge >= 0.3 is 17.2 Å². The molecule has 0 saturated carbocycles. The van der Waals surface area contributed by atoms with Gasteiger partial charge in [0.2, 0.25) is 0 Å². The number of hydrogen-bond acceptors (Lipinski definition) is 5. The molecule has 0 aliphatic heterocycles. The summed E-state index contributed by atoms with van der Waals surface area (Å²) in [4.78, 5) is 32.0. The minimum Gasteiger partial charge on any atom is -0.469 e. The van der Waals surface area contributed by atoms with Gasteiger partial charge in [0.05, 0.1) is 18.5 Å². The van der Waals surface area contributed by atoms with E-state index in [9.17, 15) is 19.7 Å². The normalized spacial score (nSPS) is 9.81. The third-order valence-corrected chi connectivity index (χ3v) is 1.98. The summed E-state index contributed by atoms with van der Waals surface area (Å²) in [7, 11) is 1.23. The molecule has 0 atom stereocenters. The lowest BCUT2D eigenvalue weighted by Crippen LogP contribution is -2.23. The number of nitrogens with zero attached hydrogens (tertiary/aromatic N) is 2. The van der Waals surface area contributed by atoms with E-state index in [1.54, 1.807) is 0 Å². The van der Waals surface area contributed by atoms with E-state index in [1.807, 2.05) is 0 Å². The zero-order valence-electron chi connectivity index (χ0n) is 8.58. The highest BCUT2D eigenvalue weighted by molar-refractivity contribution is 5.68. The van der Waals surface area contributed by atoms with Crippen molar-refractivity contribution in [2.24, 2.45) is 0 Å². The zero-order chi connectivity index (χ0) is 12.1. The van der Waals surface area contributed by atoms with E-state index < -0.39 is 22.1 Å². The first-order valence-electron chi connectivity index (χ1n) is 4.47. The van der Waals surface area contributed by atoms with Gasteiger partial charge < -0.3 is 9.30 Å². The molecule has 1 aromatic heterocycles. The van der Waals surface area contributed by atoms with E-state index in [0.717, 1.165) is 10.6 Å². The van der Waals surface area contributed by atoms with Gasteiger partial charge in [-0.2, -0.15) is 0 Å². The van der Waals surface area contributed by atoms with E-state index in [-0.39, 0.29) is 13.0 Å². The molecule has 7 nitrogen and oxygen atoms in total. The number of nitro groups is 1. The third kappa shape index (κ3) is 2.66. The minimum absolute atomic E-state index is 0.00241. The van der Waals surface area contributed by atoms with Crippen molar-refractivity contribution in [1.29, 1.82) is 0 Å². The average molecular weight is 226 g/mol. The Morgan fingerprint density at radius 2 is 2.31 bits per heavy atom. The van der Waals surface area contributed by atoms with Gasteiger partial charge in [0.25, 0.3) is 0 Å². The van der Waals surface area contributed by atoms with Gasteiger partial charge in [-0.05, 0) is 6.07 Å². The molecular weight excluding hydrogens is 216 g/mol. The molecule has 7 heteroatoms. The Bertz CT molecular complexity index is 465. The van der Waals surface area contributed by atoms with Crippen LogP contribution in [0.5, 0.6) is 0 Å². The fourth-order valence-corrected chi connectivity index (χ4v) is 1.15. The van der Waals surface area contributed by atoms with Gasteiger partial charge in [0.15, 0.2) is 0 Å². The summed E-state index contributed by atoms with van der Waals surface area (Å²) in [6.07, 6.45) is 1.38. The number of hydrogen-bond donors (Lipinski definition) is 0. The molecule has 0 spiro atoms. The maximum absolute atomic E-state index is 11.5. The van der Waals surface area contributed by atoms with Crippen molar-refractivity contribution < 1.29 is 14.5 Å². The highest BCUT2D eigenvalue weighted by Crippen LogP contribution is 2.02. The molecule has 0 N–H and O–H groups in total. The Morgan fingerprint density at radius 1 is 1.62 bits per heavy atom.